The number of para-hydroxylation sites is 1. The van der Waals surface area contributed by atoms with Gasteiger partial charge in [0, 0.05) is 16.0 Å². The highest BCUT2D eigenvalue weighted by molar-refractivity contribution is 6.33. The number of carbonyl (C=O) groups excluding carboxylic acids is 1. The third kappa shape index (κ3) is 3.17. The molecule has 0 saturated heterocycles. The van der Waals surface area contributed by atoms with Crippen molar-refractivity contribution in [1.82, 2.24) is 5.43 Å². The fraction of sp³-hybridized carbons (Fsp3) is 0.167. The van der Waals surface area contributed by atoms with Gasteiger partial charge in [0.25, 0.3) is 0 Å². The average molecular weight is 329 g/mol. The lowest BCUT2D eigenvalue weighted by atomic mass is 10.0. The standard InChI is InChI=1S/C18H17ClN2O2/c1-11-8-15-17(12(2)18(11)19)13(10-23-15)9-16(22)21-20-14-6-4-3-5-7-14/h3-8,10,20H,9H2,1-2H3,(H,21,22). The molecule has 4 nitrogen and oxygen atoms in total. The maximum Gasteiger partial charge on any atom is 0.242 e. The molecule has 5 heteroatoms. The summed E-state index contributed by atoms with van der Waals surface area (Å²) in [5.74, 6) is -0.146. The number of anilines is 1. The monoisotopic (exact) mass is 328 g/mol. The molecule has 0 saturated carbocycles. The van der Waals surface area contributed by atoms with Gasteiger partial charge in [-0.15, -0.1) is 0 Å². The van der Waals surface area contributed by atoms with Crippen LogP contribution in [0.15, 0.2) is 47.1 Å². The molecule has 0 aliphatic carbocycles. The van der Waals surface area contributed by atoms with Gasteiger partial charge in [-0.25, -0.2) is 0 Å². The first-order chi connectivity index (χ1) is 11.1. The number of nitrogens with one attached hydrogen (secondary N) is 2. The van der Waals surface area contributed by atoms with Crippen molar-refractivity contribution in [2.24, 2.45) is 0 Å². The van der Waals surface area contributed by atoms with Gasteiger partial charge in [0.05, 0.1) is 18.4 Å². The molecule has 1 heterocycles. The molecule has 1 amide bonds. The van der Waals surface area contributed by atoms with Crippen molar-refractivity contribution in [1.29, 1.82) is 0 Å². The van der Waals surface area contributed by atoms with E-state index in [1.165, 1.54) is 0 Å². The smallest absolute Gasteiger partial charge is 0.242 e. The van der Waals surface area contributed by atoms with Crippen molar-refractivity contribution in [2.45, 2.75) is 20.3 Å². The van der Waals surface area contributed by atoms with Gasteiger partial charge in [0.1, 0.15) is 5.58 Å². The predicted molar refractivity (Wildman–Crippen MR) is 92.6 cm³/mol. The topological polar surface area (TPSA) is 54.3 Å². The lowest BCUT2D eigenvalue weighted by Crippen LogP contribution is -2.30. The number of hydrogen-bond acceptors (Lipinski definition) is 3. The van der Waals surface area contributed by atoms with Crippen molar-refractivity contribution in [2.75, 3.05) is 5.43 Å². The molecule has 2 N–H and O–H groups in total. The van der Waals surface area contributed by atoms with E-state index in [-0.39, 0.29) is 12.3 Å². The van der Waals surface area contributed by atoms with E-state index < -0.39 is 0 Å². The molecule has 3 rings (SSSR count). The van der Waals surface area contributed by atoms with E-state index in [1.807, 2.05) is 50.2 Å². The minimum atomic E-state index is -0.146. The van der Waals surface area contributed by atoms with Gasteiger partial charge in [0.15, 0.2) is 0 Å². The van der Waals surface area contributed by atoms with Crippen LogP contribution in [0.2, 0.25) is 5.02 Å². The Bertz CT molecular complexity index is 856. The van der Waals surface area contributed by atoms with Gasteiger partial charge in [-0.2, -0.15) is 0 Å². The molecule has 0 unspecified atom stereocenters. The fourth-order valence-electron chi connectivity index (χ4n) is 2.62. The van der Waals surface area contributed by atoms with Crippen molar-refractivity contribution in [3.8, 4) is 0 Å². The van der Waals surface area contributed by atoms with E-state index in [2.05, 4.69) is 10.9 Å². The Balaban J connectivity index is 1.76. The Morgan fingerprint density at radius 2 is 1.96 bits per heavy atom. The van der Waals surface area contributed by atoms with Crippen LogP contribution in [0.5, 0.6) is 0 Å². The summed E-state index contributed by atoms with van der Waals surface area (Å²) in [6, 6.07) is 11.4. The predicted octanol–water partition coefficient (Wildman–Crippen LogP) is 4.39. The summed E-state index contributed by atoms with van der Waals surface area (Å²) in [5, 5.41) is 1.62. The highest BCUT2D eigenvalue weighted by Crippen LogP contribution is 2.32. The lowest BCUT2D eigenvalue weighted by Gasteiger charge is -2.08. The van der Waals surface area contributed by atoms with E-state index in [0.717, 1.165) is 33.3 Å². The minimum absolute atomic E-state index is 0.146. The molecule has 3 aromatic rings. The fourth-order valence-corrected chi connectivity index (χ4v) is 2.77. The molecule has 0 spiro atoms. The summed E-state index contributed by atoms with van der Waals surface area (Å²) in [6.45, 7) is 3.88. The zero-order chi connectivity index (χ0) is 16.4. The molecular weight excluding hydrogens is 312 g/mol. The summed E-state index contributed by atoms with van der Waals surface area (Å²) in [7, 11) is 0. The number of amides is 1. The van der Waals surface area contributed by atoms with Crippen LogP contribution in [0.1, 0.15) is 16.7 Å². The number of halogens is 1. The highest BCUT2D eigenvalue weighted by atomic mass is 35.5. The average Bonchev–Trinajstić information content (AvgIpc) is 2.94. The number of hydrogen-bond donors (Lipinski definition) is 2. The quantitative estimate of drug-likeness (QED) is 0.698. The number of fused-ring (bicyclic) bond motifs is 1. The van der Waals surface area contributed by atoms with Crippen molar-refractivity contribution >= 4 is 34.2 Å². The molecular formula is C18H17ClN2O2. The van der Waals surface area contributed by atoms with Crippen LogP contribution in [0.25, 0.3) is 11.0 Å². The number of hydrazine groups is 1. The Labute approximate surface area is 139 Å². The highest BCUT2D eigenvalue weighted by Gasteiger charge is 2.15. The number of rotatable bonds is 4. The van der Waals surface area contributed by atoms with Crippen molar-refractivity contribution in [3.05, 3.63) is 64.4 Å². The number of aryl methyl sites for hydroxylation is 2. The number of carbonyl (C=O) groups is 1. The Hall–Kier alpha value is -2.46. The Morgan fingerprint density at radius 1 is 1.22 bits per heavy atom. The Morgan fingerprint density at radius 3 is 2.70 bits per heavy atom. The first-order valence-corrected chi connectivity index (χ1v) is 7.69. The van der Waals surface area contributed by atoms with Gasteiger partial charge >= 0.3 is 0 Å². The van der Waals surface area contributed by atoms with Crippen LogP contribution in [0.3, 0.4) is 0 Å². The summed E-state index contributed by atoms with van der Waals surface area (Å²) in [6.07, 6.45) is 1.84. The molecule has 0 fully saturated rings. The minimum Gasteiger partial charge on any atom is -0.464 e. The second kappa shape index (κ2) is 6.34. The molecule has 2 aromatic carbocycles. The molecule has 0 radical (unpaired) electrons. The van der Waals surface area contributed by atoms with Crippen LogP contribution >= 0.6 is 11.6 Å². The largest absolute Gasteiger partial charge is 0.464 e. The number of benzene rings is 2. The van der Waals surface area contributed by atoms with Crippen LogP contribution < -0.4 is 10.9 Å². The molecule has 0 atom stereocenters. The van der Waals surface area contributed by atoms with Gasteiger partial charge in [-0.05, 0) is 43.2 Å². The molecule has 118 valence electrons. The third-order valence-corrected chi connectivity index (χ3v) is 4.35. The first-order valence-electron chi connectivity index (χ1n) is 7.32. The van der Waals surface area contributed by atoms with Crippen LogP contribution in [-0.4, -0.2) is 5.91 Å². The van der Waals surface area contributed by atoms with E-state index in [9.17, 15) is 4.79 Å². The summed E-state index contributed by atoms with van der Waals surface area (Å²) in [5.41, 5.74) is 9.88. The maximum absolute atomic E-state index is 12.1. The van der Waals surface area contributed by atoms with Crippen molar-refractivity contribution < 1.29 is 9.21 Å². The van der Waals surface area contributed by atoms with E-state index in [0.29, 0.717) is 5.02 Å². The van der Waals surface area contributed by atoms with E-state index >= 15 is 0 Å². The normalized spacial score (nSPS) is 10.7. The third-order valence-electron chi connectivity index (χ3n) is 3.76. The van der Waals surface area contributed by atoms with Gasteiger partial charge in [-0.3, -0.25) is 15.6 Å². The SMILES string of the molecule is Cc1cc2occ(CC(=O)NNc3ccccc3)c2c(C)c1Cl. The molecule has 23 heavy (non-hydrogen) atoms. The van der Waals surface area contributed by atoms with Gasteiger partial charge in [0.2, 0.25) is 5.91 Å². The maximum atomic E-state index is 12.1. The van der Waals surface area contributed by atoms with Crippen LogP contribution in [-0.2, 0) is 11.2 Å². The van der Waals surface area contributed by atoms with Crippen LogP contribution in [0, 0.1) is 13.8 Å². The molecule has 1 aromatic heterocycles. The first kappa shape index (κ1) is 15.4. The Kier molecular flexibility index (Phi) is 4.26. The van der Waals surface area contributed by atoms with E-state index in [1.54, 1.807) is 6.26 Å². The summed E-state index contributed by atoms with van der Waals surface area (Å²) in [4.78, 5) is 12.1. The summed E-state index contributed by atoms with van der Waals surface area (Å²) < 4.78 is 5.57. The van der Waals surface area contributed by atoms with Gasteiger partial charge < -0.3 is 4.42 Å². The molecule has 0 aliphatic rings. The zero-order valence-electron chi connectivity index (χ0n) is 12.9. The second-order valence-corrected chi connectivity index (χ2v) is 5.86. The van der Waals surface area contributed by atoms with Gasteiger partial charge in [-0.1, -0.05) is 29.8 Å². The van der Waals surface area contributed by atoms with Crippen molar-refractivity contribution in [3.63, 3.8) is 0 Å². The van der Waals surface area contributed by atoms with E-state index in [4.69, 9.17) is 16.0 Å². The lowest BCUT2D eigenvalue weighted by molar-refractivity contribution is -0.119. The number of furan rings is 1. The second-order valence-electron chi connectivity index (χ2n) is 5.48. The molecule has 0 bridgehead atoms. The molecule has 0 aliphatic heterocycles. The van der Waals surface area contributed by atoms with Crippen LogP contribution in [0.4, 0.5) is 5.69 Å². The summed E-state index contributed by atoms with van der Waals surface area (Å²) >= 11 is 6.31. The zero-order valence-corrected chi connectivity index (χ0v) is 13.7.